The number of benzene rings is 1. The lowest BCUT2D eigenvalue weighted by Crippen LogP contribution is -2.53. The molecule has 0 spiro atoms. The molecule has 0 bridgehead atoms. The van der Waals surface area contributed by atoms with Crippen molar-refractivity contribution in [2.24, 2.45) is 0 Å². The van der Waals surface area contributed by atoms with Crippen molar-refractivity contribution in [3.05, 3.63) is 53.9 Å². The number of fused-ring (bicyclic) bond motifs is 1. The van der Waals surface area contributed by atoms with Gasteiger partial charge >= 0.3 is 0 Å². The zero-order chi connectivity index (χ0) is 17.6. The first kappa shape index (κ1) is 18.1. The summed E-state index contributed by atoms with van der Waals surface area (Å²) in [6.07, 6.45) is 6.94. The lowest BCUT2D eigenvalue weighted by Gasteiger charge is -2.41. The van der Waals surface area contributed by atoms with Crippen molar-refractivity contribution >= 4 is 10.8 Å². The first-order valence-electron chi connectivity index (χ1n) is 9.19. The number of hydrogen-bond acceptors (Lipinski definition) is 4. The third kappa shape index (κ3) is 4.66. The van der Waals surface area contributed by atoms with Crippen molar-refractivity contribution in [1.29, 1.82) is 0 Å². The predicted octanol–water partition coefficient (Wildman–Crippen LogP) is 3.07. The zero-order valence-electron chi connectivity index (χ0n) is 15.4. The quantitative estimate of drug-likeness (QED) is 0.821. The van der Waals surface area contributed by atoms with Crippen LogP contribution in [0.25, 0.3) is 10.8 Å². The molecule has 1 saturated heterocycles. The van der Waals surface area contributed by atoms with Gasteiger partial charge in [0.05, 0.1) is 0 Å². The molecule has 25 heavy (non-hydrogen) atoms. The van der Waals surface area contributed by atoms with E-state index < -0.39 is 0 Å². The molecular formula is C21H29N3O. The van der Waals surface area contributed by atoms with Crippen molar-refractivity contribution in [2.75, 3.05) is 32.8 Å². The van der Waals surface area contributed by atoms with Gasteiger partial charge in [0.1, 0.15) is 0 Å². The number of pyridine rings is 1. The van der Waals surface area contributed by atoms with Gasteiger partial charge in [0.25, 0.3) is 0 Å². The third-order valence-corrected chi connectivity index (χ3v) is 5.05. The van der Waals surface area contributed by atoms with Gasteiger partial charge in [-0.3, -0.25) is 14.8 Å². The molecule has 1 atom stereocenters. The smallest absolute Gasteiger partial charge is 0.0446 e. The van der Waals surface area contributed by atoms with Crippen molar-refractivity contribution in [3.8, 4) is 0 Å². The standard InChI is InChI=1S/C21H29N3O/c1-17(2)7-10-24-12-11-23(16-20(24)8-13-25)15-19-5-3-4-18-14-22-9-6-21(18)19/h3-7,9,14,20,25H,8,10-13,15-16H2,1-2H3/t20-/m1/s1. The summed E-state index contributed by atoms with van der Waals surface area (Å²) in [5.74, 6) is 0. The van der Waals surface area contributed by atoms with Gasteiger partial charge in [-0.25, -0.2) is 0 Å². The Morgan fingerprint density at radius 2 is 2.16 bits per heavy atom. The van der Waals surface area contributed by atoms with E-state index in [-0.39, 0.29) is 6.61 Å². The number of aromatic nitrogens is 1. The van der Waals surface area contributed by atoms with Crippen LogP contribution in [0.1, 0.15) is 25.8 Å². The molecule has 1 aromatic heterocycles. The Hall–Kier alpha value is -1.75. The molecule has 1 N–H and O–H groups in total. The molecule has 1 aromatic carbocycles. The Morgan fingerprint density at radius 3 is 2.96 bits per heavy atom. The van der Waals surface area contributed by atoms with Crippen molar-refractivity contribution in [3.63, 3.8) is 0 Å². The number of allylic oxidation sites excluding steroid dienone is 1. The van der Waals surface area contributed by atoms with Crippen LogP contribution in [-0.4, -0.2) is 58.7 Å². The average molecular weight is 339 g/mol. The van der Waals surface area contributed by atoms with Gasteiger partial charge < -0.3 is 5.11 Å². The maximum Gasteiger partial charge on any atom is 0.0446 e. The highest BCUT2D eigenvalue weighted by Gasteiger charge is 2.26. The van der Waals surface area contributed by atoms with Gasteiger partial charge in [-0.05, 0) is 37.3 Å². The van der Waals surface area contributed by atoms with Crippen LogP contribution in [0.3, 0.4) is 0 Å². The van der Waals surface area contributed by atoms with Crippen molar-refractivity contribution in [2.45, 2.75) is 32.9 Å². The molecule has 134 valence electrons. The lowest BCUT2D eigenvalue weighted by atomic mass is 10.0. The highest BCUT2D eigenvalue weighted by atomic mass is 16.3. The van der Waals surface area contributed by atoms with E-state index >= 15 is 0 Å². The molecule has 4 heteroatoms. The van der Waals surface area contributed by atoms with Crippen LogP contribution < -0.4 is 0 Å². The molecule has 1 fully saturated rings. The minimum atomic E-state index is 0.254. The fourth-order valence-corrected chi connectivity index (χ4v) is 3.63. The summed E-state index contributed by atoms with van der Waals surface area (Å²) in [4.78, 5) is 9.26. The first-order valence-corrected chi connectivity index (χ1v) is 9.19. The maximum absolute atomic E-state index is 9.46. The van der Waals surface area contributed by atoms with Crippen molar-refractivity contribution < 1.29 is 5.11 Å². The van der Waals surface area contributed by atoms with E-state index in [1.807, 2.05) is 12.4 Å². The molecule has 2 aromatic rings. The summed E-state index contributed by atoms with van der Waals surface area (Å²) in [5.41, 5.74) is 2.72. The number of aliphatic hydroxyl groups is 1. The van der Waals surface area contributed by atoms with E-state index in [1.165, 1.54) is 21.9 Å². The predicted molar refractivity (Wildman–Crippen MR) is 104 cm³/mol. The van der Waals surface area contributed by atoms with Crippen LogP contribution in [0.15, 0.2) is 48.3 Å². The first-order chi connectivity index (χ1) is 12.2. The second-order valence-electron chi connectivity index (χ2n) is 7.19. The normalized spacial score (nSPS) is 19.2. The Balaban J connectivity index is 1.70. The van der Waals surface area contributed by atoms with E-state index in [4.69, 9.17) is 0 Å². The van der Waals surface area contributed by atoms with Crippen LogP contribution in [0, 0.1) is 0 Å². The largest absolute Gasteiger partial charge is 0.396 e. The van der Waals surface area contributed by atoms with E-state index in [1.54, 1.807) is 0 Å². The average Bonchev–Trinajstić information content (AvgIpc) is 2.61. The Kier molecular flexibility index (Phi) is 6.19. The summed E-state index contributed by atoms with van der Waals surface area (Å²) >= 11 is 0. The van der Waals surface area contributed by atoms with Crippen LogP contribution in [0.5, 0.6) is 0 Å². The fraction of sp³-hybridized carbons (Fsp3) is 0.476. The zero-order valence-corrected chi connectivity index (χ0v) is 15.4. The van der Waals surface area contributed by atoms with Gasteiger partial charge in [0.2, 0.25) is 0 Å². The topological polar surface area (TPSA) is 39.6 Å². The minimum Gasteiger partial charge on any atom is -0.396 e. The Labute approximate surface area is 150 Å². The number of aliphatic hydroxyl groups excluding tert-OH is 1. The Morgan fingerprint density at radius 1 is 1.28 bits per heavy atom. The van der Waals surface area contributed by atoms with Gasteiger partial charge in [0.15, 0.2) is 0 Å². The van der Waals surface area contributed by atoms with Crippen LogP contribution in [0.2, 0.25) is 0 Å². The fourth-order valence-electron chi connectivity index (χ4n) is 3.63. The molecule has 0 aliphatic carbocycles. The molecule has 4 nitrogen and oxygen atoms in total. The molecule has 0 amide bonds. The highest BCUT2D eigenvalue weighted by Crippen LogP contribution is 2.21. The van der Waals surface area contributed by atoms with Crippen LogP contribution in [0.4, 0.5) is 0 Å². The molecule has 1 aliphatic heterocycles. The van der Waals surface area contributed by atoms with Gasteiger partial charge in [-0.15, -0.1) is 0 Å². The third-order valence-electron chi connectivity index (χ3n) is 5.05. The SMILES string of the molecule is CC(C)=CCN1CCN(Cc2cccc3cnccc23)C[C@H]1CCO. The van der Waals surface area contributed by atoms with E-state index in [2.05, 4.69) is 59.0 Å². The van der Waals surface area contributed by atoms with Gasteiger partial charge in [-0.2, -0.15) is 0 Å². The second-order valence-corrected chi connectivity index (χ2v) is 7.19. The molecule has 0 saturated carbocycles. The number of hydrogen-bond donors (Lipinski definition) is 1. The van der Waals surface area contributed by atoms with E-state index in [0.29, 0.717) is 6.04 Å². The molecule has 0 unspecified atom stereocenters. The summed E-state index contributed by atoms with van der Waals surface area (Å²) in [6.45, 7) is 9.63. The van der Waals surface area contributed by atoms with Crippen LogP contribution in [-0.2, 0) is 6.54 Å². The van der Waals surface area contributed by atoms with E-state index in [0.717, 1.165) is 39.1 Å². The Bertz CT molecular complexity index is 719. The monoisotopic (exact) mass is 339 g/mol. The van der Waals surface area contributed by atoms with Gasteiger partial charge in [-0.1, -0.05) is 29.8 Å². The summed E-state index contributed by atoms with van der Waals surface area (Å²) in [5, 5.41) is 12.0. The van der Waals surface area contributed by atoms with Crippen LogP contribution >= 0.6 is 0 Å². The maximum atomic E-state index is 9.46. The van der Waals surface area contributed by atoms with Crippen molar-refractivity contribution in [1.82, 2.24) is 14.8 Å². The van der Waals surface area contributed by atoms with Gasteiger partial charge in [0, 0.05) is 63.2 Å². The lowest BCUT2D eigenvalue weighted by molar-refractivity contribution is 0.0639. The highest BCUT2D eigenvalue weighted by molar-refractivity contribution is 5.84. The minimum absolute atomic E-state index is 0.254. The summed E-state index contributed by atoms with van der Waals surface area (Å²) in [6, 6.07) is 9.00. The number of nitrogens with zero attached hydrogens (tertiary/aromatic N) is 3. The second kappa shape index (κ2) is 8.56. The van der Waals surface area contributed by atoms with E-state index in [9.17, 15) is 5.11 Å². The number of piperazine rings is 1. The molecule has 0 radical (unpaired) electrons. The summed E-state index contributed by atoms with van der Waals surface area (Å²) < 4.78 is 0. The molecule has 2 heterocycles. The summed E-state index contributed by atoms with van der Waals surface area (Å²) in [7, 11) is 0. The number of rotatable bonds is 6. The molecule has 1 aliphatic rings. The molecular weight excluding hydrogens is 310 g/mol. The molecule has 3 rings (SSSR count).